The molecule has 0 radical (unpaired) electrons. The van der Waals surface area contributed by atoms with E-state index in [1.54, 1.807) is 0 Å². The van der Waals surface area contributed by atoms with E-state index < -0.39 is 6.29 Å². The lowest BCUT2D eigenvalue weighted by Gasteiger charge is -1.96. The molecule has 48 valence electrons. The molecular weight excluding hydrogens is 108 g/mol. The zero-order valence-corrected chi connectivity index (χ0v) is 4.49. The third kappa shape index (κ3) is 5.46. The highest BCUT2D eigenvalue weighted by molar-refractivity contribution is 4.70. The summed E-state index contributed by atoms with van der Waals surface area (Å²) in [4.78, 5) is 0. The van der Waals surface area contributed by atoms with E-state index in [1.807, 2.05) is 0 Å². The van der Waals surface area contributed by atoms with Crippen LogP contribution in [0, 0.1) is 0 Å². The maximum atomic E-state index is 8.22. The van der Waals surface area contributed by atoms with Gasteiger partial charge in [-0.05, 0) is 12.5 Å². The fraction of sp³-hybridized carbons (Fsp3) is 0.600. The van der Waals surface area contributed by atoms with Gasteiger partial charge in [0.2, 0.25) is 0 Å². The number of aliphatic hydroxyl groups excluding tert-OH is 2. The Bertz CT molecular complexity index is 68.1. The summed E-state index contributed by atoms with van der Waals surface area (Å²) in [6.07, 6.45) is 1.86. The molecule has 0 bridgehead atoms. The lowest BCUT2D eigenvalue weighted by Crippen LogP contribution is -2.01. The van der Waals surface area contributed by atoms with Gasteiger partial charge in [0.05, 0.1) is 6.26 Å². The van der Waals surface area contributed by atoms with Gasteiger partial charge in [0.15, 0.2) is 6.29 Å². The summed E-state index contributed by atoms with van der Waals surface area (Å²) in [5.74, 6) is 0. The number of hydrogen-bond donors (Lipinski definition) is 3. The standard InChI is InChI=1S/C5H10O3/c6-4-2-1-3-5(7)8/h2,4-8H,1,3H2. The van der Waals surface area contributed by atoms with E-state index >= 15 is 0 Å². The fourth-order valence-corrected chi connectivity index (χ4v) is 0.320. The lowest BCUT2D eigenvalue weighted by atomic mass is 10.3. The van der Waals surface area contributed by atoms with Gasteiger partial charge in [-0.2, -0.15) is 0 Å². The van der Waals surface area contributed by atoms with Crippen molar-refractivity contribution in [3.05, 3.63) is 12.3 Å². The van der Waals surface area contributed by atoms with Crippen LogP contribution in [0.25, 0.3) is 0 Å². The Morgan fingerprint density at radius 1 is 1.38 bits per heavy atom. The smallest absolute Gasteiger partial charge is 0.151 e. The van der Waals surface area contributed by atoms with Crippen molar-refractivity contribution < 1.29 is 15.3 Å². The summed E-state index contributed by atoms with van der Waals surface area (Å²) in [7, 11) is 0. The predicted octanol–water partition coefficient (Wildman–Crippen LogP) is 0.149. The summed E-state index contributed by atoms with van der Waals surface area (Å²) in [6, 6.07) is 0. The molecule has 3 nitrogen and oxygen atoms in total. The third-order valence-electron chi connectivity index (χ3n) is 0.697. The Labute approximate surface area is 47.9 Å². The molecule has 0 aromatic rings. The second-order valence-electron chi connectivity index (χ2n) is 1.44. The van der Waals surface area contributed by atoms with Gasteiger partial charge >= 0.3 is 0 Å². The molecule has 0 aliphatic carbocycles. The molecule has 0 fully saturated rings. The van der Waals surface area contributed by atoms with Crippen molar-refractivity contribution in [3.8, 4) is 0 Å². The summed E-state index contributed by atoms with van der Waals surface area (Å²) in [6.45, 7) is 0. The number of allylic oxidation sites excluding steroid dienone is 1. The van der Waals surface area contributed by atoms with Crippen LogP contribution in [0.4, 0.5) is 0 Å². The minimum atomic E-state index is -1.26. The van der Waals surface area contributed by atoms with Crippen molar-refractivity contribution >= 4 is 0 Å². The number of rotatable bonds is 3. The van der Waals surface area contributed by atoms with E-state index in [0.717, 1.165) is 6.26 Å². The minimum absolute atomic E-state index is 0.275. The first-order chi connectivity index (χ1) is 3.77. The normalized spacial score (nSPS) is 11.4. The molecule has 0 saturated heterocycles. The Morgan fingerprint density at radius 3 is 2.38 bits per heavy atom. The van der Waals surface area contributed by atoms with Crippen molar-refractivity contribution in [2.24, 2.45) is 0 Å². The van der Waals surface area contributed by atoms with Gasteiger partial charge in [-0.25, -0.2) is 0 Å². The molecule has 0 amide bonds. The maximum Gasteiger partial charge on any atom is 0.151 e. The average Bonchev–Trinajstić information content (AvgIpc) is 1.66. The Hall–Kier alpha value is -0.540. The van der Waals surface area contributed by atoms with Gasteiger partial charge in [-0.1, -0.05) is 0 Å². The predicted molar refractivity (Wildman–Crippen MR) is 29.2 cm³/mol. The first-order valence-corrected chi connectivity index (χ1v) is 2.42. The van der Waals surface area contributed by atoms with Crippen molar-refractivity contribution in [2.45, 2.75) is 19.1 Å². The molecule has 0 rings (SSSR count). The van der Waals surface area contributed by atoms with Crippen LogP contribution < -0.4 is 0 Å². The number of hydrogen-bond acceptors (Lipinski definition) is 3. The van der Waals surface area contributed by atoms with E-state index in [-0.39, 0.29) is 6.42 Å². The van der Waals surface area contributed by atoms with Crippen molar-refractivity contribution in [1.82, 2.24) is 0 Å². The highest BCUT2D eigenvalue weighted by Crippen LogP contribution is 1.92. The van der Waals surface area contributed by atoms with Crippen LogP contribution in [0.3, 0.4) is 0 Å². The molecule has 0 saturated carbocycles. The van der Waals surface area contributed by atoms with E-state index in [0.29, 0.717) is 6.42 Å². The van der Waals surface area contributed by atoms with Crippen molar-refractivity contribution in [2.75, 3.05) is 0 Å². The fourth-order valence-electron chi connectivity index (χ4n) is 0.320. The quantitative estimate of drug-likeness (QED) is 0.365. The monoisotopic (exact) mass is 118 g/mol. The second-order valence-corrected chi connectivity index (χ2v) is 1.44. The molecule has 0 atom stereocenters. The molecular formula is C5H10O3. The molecule has 3 N–H and O–H groups in total. The topological polar surface area (TPSA) is 60.7 Å². The van der Waals surface area contributed by atoms with Crippen LogP contribution >= 0.6 is 0 Å². The lowest BCUT2D eigenvalue weighted by molar-refractivity contribution is -0.0442. The Kier molecular flexibility index (Phi) is 4.30. The van der Waals surface area contributed by atoms with Crippen LogP contribution in [0.15, 0.2) is 12.3 Å². The van der Waals surface area contributed by atoms with E-state index in [2.05, 4.69) is 0 Å². The minimum Gasteiger partial charge on any atom is -0.516 e. The van der Waals surface area contributed by atoms with Crippen LogP contribution in [-0.4, -0.2) is 21.6 Å². The maximum absolute atomic E-state index is 8.22. The van der Waals surface area contributed by atoms with Crippen LogP contribution in [-0.2, 0) is 0 Å². The summed E-state index contributed by atoms with van der Waals surface area (Å²) in [5, 5.41) is 24.5. The van der Waals surface area contributed by atoms with Gasteiger partial charge in [0.25, 0.3) is 0 Å². The molecule has 0 unspecified atom stereocenters. The number of aliphatic hydroxyl groups is 3. The highest BCUT2D eigenvalue weighted by atomic mass is 16.5. The first kappa shape index (κ1) is 7.46. The molecule has 3 heteroatoms. The second kappa shape index (κ2) is 4.61. The Morgan fingerprint density at radius 2 is 2.00 bits per heavy atom. The molecule has 0 aromatic carbocycles. The summed E-state index contributed by atoms with van der Waals surface area (Å²) >= 11 is 0. The summed E-state index contributed by atoms with van der Waals surface area (Å²) < 4.78 is 0. The van der Waals surface area contributed by atoms with E-state index in [9.17, 15) is 0 Å². The molecule has 0 aromatic heterocycles. The van der Waals surface area contributed by atoms with Gasteiger partial charge < -0.3 is 15.3 Å². The molecule has 8 heavy (non-hydrogen) atoms. The SMILES string of the molecule is OC=CCCC(O)O. The highest BCUT2D eigenvalue weighted by Gasteiger charge is 1.91. The zero-order valence-electron chi connectivity index (χ0n) is 4.49. The zero-order chi connectivity index (χ0) is 6.41. The first-order valence-electron chi connectivity index (χ1n) is 2.42. The van der Waals surface area contributed by atoms with Gasteiger partial charge in [-0.3, -0.25) is 0 Å². The van der Waals surface area contributed by atoms with Crippen LogP contribution in [0.2, 0.25) is 0 Å². The van der Waals surface area contributed by atoms with Gasteiger partial charge in [-0.15, -0.1) is 0 Å². The molecule has 0 aliphatic heterocycles. The van der Waals surface area contributed by atoms with E-state index in [1.165, 1.54) is 6.08 Å². The average molecular weight is 118 g/mol. The van der Waals surface area contributed by atoms with Crippen molar-refractivity contribution in [1.29, 1.82) is 0 Å². The van der Waals surface area contributed by atoms with E-state index in [4.69, 9.17) is 15.3 Å². The van der Waals surface area contributed by atoms with Gasteiger partial charge in [0.1, 0.15) is 0 Å². The van der Waals surface area contributed by atoms with Gasteiger partial charge in [0, 0.05) is 6.42 Å². The van der Waals surface area contributed by atoms with Crippen LogP contribution in [0.1, 0.15) is 12.8 Å². The molecule has 0 aliphatic rings. The van der Waals surface area contributed by atoms with Crippen molar-refractivity contribution in [3.63, 3.8) is 0 Å². The summed E-state index contributed by atoms with van der Waals surface area (Å²) in [5.41, 5.74) is 0. The molecule has 0 spiro atoms. The molecule has 0 heterocycles. The third-order valence-corrected chi connectivity index (χ3v) is 0.697. The largest absolute Gasteiger partial charge is 0.516 e. The van der Waals surface area contributed by atoms with Crippen LogP contribution in [0.5, 0.6) is 0 Å². The Balaban J connectivity index is 2.93.